The molecule has 298 valence electrons. The van der Waals surface area contributed by atoms with E-state index in [1.807, 2.05) is 31.3 Å². The number of H-pyrrole nitrogens is 2. The summed E-state index contributed by atoms with van der Waals surface area (Å²) in [6, 6.07) is 20.6. The molecule has 0 radical (unpaired) electrons. The van der Waals surface area contributed by atoms with E-state index in [4.69, 9.17) is 14.5 Å². The first kappa shape index (κ1) is 39.2. The summed E-state index contributed by atoms with van der Waals surface area (Å²) >= 11 is 0. The number of aromatic nitrogens is 5. The number of hydrogen-bond acceptors (Lipinski definition) is 9. The second kappa shape index (κ2) is 17.8. The van der Waals surface area contributed by atoms with E-state index in [1.165, 1.54) is 7.11 Å². The molecule has 2 aliphatic rings. The van der Waals surface area contributed by atoms with Crippen LogP contribution in [0.25, 0.3) is 33.6 Å². The summed E-state index contributed by atoms with van der Waals surface area (Å²) in [5.41, 5.74) is 6.53. The zero-order chi connectivity index (χ0) is 39.9. The monoisotopic (exact) mass is 775 g/mol. The third-order valence-electron chi connectivity index (χ3n) is 11.0. The summed E-state index contributed by atoms with van der Waals surface area (Å²) in [6.45, 7) is 3.96. The van der Waals surface area contributed by atoms with Gasteiger partial charge in [-0.15, -0.1) is 0 Å². The van der Waals surface area contributed by atoms with Crippen molar-refractivity contribution in [3.8, 4) is 33.6 Å². The number of carboxylic acid groups (broad SMARTS) is 1. The van der Waals surface area contributed by atoms with Crippen LogP contribution in [-0.4, -0.2) is 110 Å². The molecule has 15 nitrogen and oxygen atoms in total. The summed E-state index contributed by atoms with van der Waals surface area (Å²) in [7, 11) is 3.00. The Morgan fingerprint density at radius 2 is 1.40 bits per heavy atom. The van der Waals surface area contributed by atoms with Gasteiger partial charge in [0.1, 0.15) is 17.7 Å². The van der Waals surface area contributed by atoms with Crippen molar-refractivity contribution in [2.24, 2.45) is 0 Å². The van der Waals surface area contributed by atoms with Crippen LogP contribution in [0, 0.1) is 0 Å². The van der Waals surface area contributed by atoms with Gasteiger partial charge in [-0.05, 0) is 73.5 Å². The van der Waals surface area contributed by atoms with Crippen molar-refractivity contribution in [1.29, 1.82) is 0 Å². The number of carbonyl (C=O) groups excluding carboxylic acids is 2. The molecule has 5 N–H and O–H groups in total. The van der Waals surface area contributed by atoms with Gasteiger partial charge in [-0.3, -0.25) is 14.7 Å². The van der Waals surface area contributed by atoms with Crippen LogP contribution in [0.2, 0.25) is 0 Å². The molecular formula is C42H49N9O6. The Hall–Kier alpha value is -6.06. The number of methoxy groups -OCH3 is 2. The maximum absolute atomic E-state index is 13.7. The molecule has 57 heavy (non-hydrogen) atoms. The van der Waals surface area contributed by atoms with Gasteiger partial charge in [0.25, 0.3) is 0 Å². The number of benzene rings is 2. The zero-order valence-electron chi connectivity index (χ0n) is 32.4. The lowest BCUT2D eigenvalue weighted by Gasteiger charge is -2.31. The number of alkyl carbamates (subject to hydrolysis) is 1. The molecule has 5 atom stereocenters. The maximum Gasteiger partial charge on any atom is 0.407 e. The van der Waals surface area contributed by atoms with Crippen LogP contribution >= 0.6 is 0 Å². The molecule has 3 aromatic heterocycles. The molecule has 2 fully saturated rings. The Morgan fingerprint density at radius 1 is 0.807 bits per heavy atom. The topological polar surface area (TPSA) is 191 Å². The lowest BCUT2D eigenvalue weighted by Crippen LogP contribution is -2.50. The molecule has 2 saturated heterocycles. The van der Waals surface area contributed by atoms with Crippen molar-refractivity contribution >= 4 is 18.1 Å². The first-order valence-electron chi connectivity index (χ1n) is 19.3. The Balaban J connectivity index is 0.989. The largest absolute Gasteiger partial charge is 0.465 e. The van der Waals surface area contributed by atoms with Gasteiger partial charge in [0, 0.05) is 38.5 Å². The Bertz CT molecular complexity index is 2120. The molecule has 0 bridgehead atoms. The fourth-order valence-electron chi connectivity index (χ4n) is 7.87. The fourth-order valence-corrected chi connectivity index (χ4v) is 7.87. The molecule has 0 aliphatic carbocycles. The van der Waals surface area contributed by atoms with E-state index in [0.29, 0.717) is 24.6 Å². The fraction of sp³-hybridized carbons (Fsp3) is 0.381. The summed E-state index contributed by atoms with van der Waals surface area (Å²) in [5, 5.41) is 14.8. The van der Waals surface area contributed by atoms with Crippen LogP contribution in [-0.2, 0) is 20.7 Å². The molecule has 5 aromatic rings. The minimum Gasteiger partial charge on any atom is -0.465 e. The number of aromatic amines is 2. The molecule has 5 heterocycles. The van der Waals surface area contributed by atoms with E-state index in [-0.39, 0.29) is 36.6 Å². The van der Waals surface area contributed by atoms with Gasteiger partial charge in [-0.25, -0.2) is 19.6 Å². The minimum absolute atomic E-state index is 0.101. The van der Waals surface area contributed by atoms with Crippen molar-refractivity contribution in [3.05, 3.63) is 103 Å². The van der Waals surface area contributed by atoms with Crippen molar-refractivity contribution in [2.45, 2.75) is 69.3 Å². The summed E-state index contributed by atoms with van der Waals surface area (Å²) in [6.07, 6.45) is 7.04. The van der Waals surface area contributed by atoms with Crippen LogP contribution in [0.5, 0.6) is 0 Å². The number of hydrogen-bond donors (Lipinski definition) is 5. The van der Waals surface area contributed by atoms with Crippen LogP contribution < -0.4 is 10.6 Å². The number of pyridine rings is 1. The van der Waals surface area contributed by atoms with Crippen LogP contribution in [0.4, 0.5) is 9.59 Å². The average Bonchev–Trinajstić information content (AvgIpc) is 4.08. The average molecular weight is 776 g/mol. The highest BCUT2D eigenvalue weighted by Crippen LogP contribution is 2.34. The highest BCUT2D eigenvalue weighted by molar-refractivity contribution is 5.86. The number of carbonyl (C=O) groups is 3. The first-order chi connectivity index (χ1) is 27.7. The molecule has 7 rings (SSSR count). The van der Waals surface area contributed by atoms with Crippen molar-refractivity contribution < 1.29 is 29.0 Å². The molecule has 3 amide bonds. The molecule has 15 heteroatoms. The molecule has 0 unspecified atom stereocenters. The Labute approximate surface area is 331 Å². The molecule has 0 spiro atoms. The van der Waals surface area contributed by atoms with Crippen LogP contribution in [0.3, 0.4) is 0 Å². The summed E-state index contributed by atoms with van der Waals surface area (Å²) < 4.78 is 10.4. The summed E-state index contributed by atoms with van der Waals surface area (Å²) in [5.74, 6) is 1.28. The van der Waals surface area contributed by atoms with E-state index in [1.54, 1.807) is 36.5 Å². The predicted octanol–water partition coefficient (Wildman–Crippen LogP) is 5.97. The van der Waals surface area contributed by atoms with Crippen molar-refractivity contribution in [3.63, 3.8) is 0 Å². The van der Waals surface area contributed by atoms with Crippen LogP contribution in [0.1, 0.15) is 62.0 Å². The Kier molecular flexibility index (Phi) is 12.2. The van der Waals surface area contributed by atoms with Gasteiger partial charge in [0.15, 0.2) is 0 Å². The highest BCUT2D eigenvalue weighted by atomic mass is 16.5. The maximum atomic E-state index is 13.7. The zero-order valence-corrected chi connectivity index (χ0v) is 32.4. The quantitative estimate of drug-likeness (QED) is 0.0899. The van der Waals surface area contributed by atoms with Gasteiger partial charge in [0.2, 0.25) is 5.91 Å². The Morgan fingerprint density at radius 3 is 1.98 bits per heavy atom. The van der Waals surface area contributed by atoms with E-state index in [0.717, 1.165) is 71.7 Å². The molecule has 0 saturated carbocycles. The highest BCUT2D eigenvalue weighted by Gasteiger charge is 2.37. The summed E-state index contributed by atoms with van der Waals surface area (Å²) in [4.78, 5) is 62.1. The first-order valence-corrected chi connectivity index (χ1v) is 19.3. The van der Waals surface area contributed by atoms with Gasteiger partial charge < -0.3 is 40.1 Å². The predicted molar refractivity (Wildman–Crippen MR) is 213 cm³/mol. The number of amides is 3. The molecule has 2 aliphatic heterocycles. The number of nitrogens with one attached hydrogen (secondary N) is 4. The third kappa shape index (κ3) is 9.16. The smallest absolute Gasteiger partial charge is 0.407 e. The van der Waals surface area contributed by atoms with E-state index in [9.17, 15) is 19.5 Å². The second-order valence-corrected chi connectivity index (χ2v) is 14.6. The number of ether oxygens (including phenoxy) is 2. The van der Waals surface area contributed by atoms with Crippen LogP contribution in [0.15, 0.2) is 85.3 Å². The van der Waals surface area contributed by atoms with Gasteiger partial charge in [-0.2, -0.15) is 0 Å². The standard InChI is InChI=1S/C42H49N9O6/c1-26(56-2)35(49-42(55)57-3)25-50-20-6-9-36(50)38-44-23-33(46-38)29-15-11-27(12-16-29)28-13-17-30(18-14-28)34-24-45-39(47-34)37-10-7-21-51(37)40(52)32(48-41(53)54)22-31-8-4-5-19-43-31/h4-5,8,11-19,23-24,26,32,35-37,48H,6-7,9-10,20-22,25H2,1-3H3,(H,44,46)(H,45,47)(H,49,55)(H,53,54)/t26-,32+,35+,36+,37+/m1/s1. The molecule has 2 aromatic carbocycles. The lowest BCUT2D eigenvalue weighted by molar-refractivity contribution is -0.134. The lowest BCUT2D eigenvalue weighted by atomic mass is 10.0. The molecular weight excluding hydrogens is 727 g/mol. The van der Waals surface area contributed by atoms with Crippen molar-refractivity contribution in [2.75, 3.05) is 33.9 Å². The number of imidazole rings is 2. The second-order valence-electron chi connectivity index (χ2n) is 14.6. The number of rotatable bonds is 14. The third-order valence-corrected chi connectivity index (χ3v) is 11.0. The van der Waals surface area contributed by atoms with Gasteiger partial charge in [0.05, 0.1) is 55.1 Å². The van der Waals surface area contributed by atoms with Gasteiger partial charge >= 0.3 is 12.2 Å². The van der Waals surface area contributed by atoms with E-state index in [2.05, 4.69) is 71.9 Å². The van der Waals surface area contributed by atoms with E-state index < -0.39 is 18.2 Å². The SMILES string of the molecule is COC(=O)N[C@@H](CN1CCC[C@H]1c1ncc(-c2ccc(-c3ccc(-c4cnc([C@@H]5CCCN5C(=O)[C@H](Cc5ccccn5)NC(=O)O)[nH]4)cc3)cc2)[nH]1)[C@@H](C)OC. The number of likely N-dealkylation sites (tertiary alicyclic amines) is 2. The number of nitrogens with zero attached hydrogens (tertiary/aromatic N) is 5. The normalized spacial score (nSPS) is 18.5. The van der Waals surface area contributed by atoms with Crippen molar-refractivity contribution in [1.82, 2.24) is 45.4 Å². The minimum atomic E-state index is -1.25. The van der Waals surface area contributed by atoms with Gasteiger partial charge in [-0.1, -0.05) is 54.6 Å². The van der Waals surface area contributed by atoms with E-state index >= 15 is 0 Å².